The zero-order valence-corrected chi connectivity index (χ0v) is 9.08. The van der Waals surface area contributed by atoms with Crippen molar-refractivity contribution >= 4 is 0 Å². The van der Waals surface area contributed by atoms with E-state index in [2.05, 4.69) is 17.6 Å². The van der Waals surface area contributed by atoms with E-state index in [0.717, 1.165) is 38.5 Å². The molecule has 1 aromatic heterocycles. The molecule has 4 heteroatoms. The average molecular weight is 210 g/mol. The lowest BCUT2D eigenvalue weighted by molar-refractivity contribution is -0.0649. The molecular formula is C11H18N2O2. The standard InChI is InChI=1S/C11H18N2O2/c1-11(8-13-9-11)15-6-4-12-7-10-3-2-5-14-10/h2-3,5,12-13H,4,6-9H2,1H3. The second-order valence-corrected chi connectivity index (χ2v) is 4.16. The summed E-state index contributed by atoms with van der Waals surface area (Å²) in [5.41, 5.74) is 0.0619. The third-order valence-electron chi connectivity index (χ3n) is 2.61. The number of hydrogen-bond acceptors (Lipinski definition) is 4. The van der Waals surface area contributed by atoms with Gasteiger partial charge in [-0.2, -0.15) is 0 Å². The second kappa shape index (κ2) is 4.79. The maximum absolute atomic E-state index is 5.73. The monoisotopic (exact) mass is 210 g/mol. The maximum Gasteiger partial charge on any atom is 0.117 e. The lowest BCUT2D eigenvalue weighted by atomic mass is 10.0. The molecule has 0 saturated carbocycles. The normalized spacial score (nSPS) is 18.7. The lowest BCUT2D eigenvalue weighted by Gasteiger charge is -2.39. The molecule has 0 bridgehead atoms. The first kappa shape index (κ1) is 10.7. The molecule has 0 radical (unpaired) electrons. The van der Waals surface area contributed by atoms with Crippen molar-refractivity contribution in [2.45, 2.75) is 19.1 Å². The SMILES string of the molecule is CC1(OCCNCc2ccco2)CNC1. The van der Waals surface area contributed by atoms with Gasteiger partial charge in [0.2, 0.25) is 0 Å². The Hall–Kier alpha value is -0.840. The van der Waals surface area contributed by atoms with Crippen LogP contribution >= 0.6 is 0 Å². The Morgan fingerprint density at radius 1 is 1.60 bits per heavy atom. The minimum atomic E-state index is 0.0619. The van der Waals surface area contributed by atoms with E-state index < -0.39 is 0 Å². The summed E-state index contributed by atoms with van der Waals surface area (Å²) < 4.78 is 10.9. The molecule has 4 nitrogen and oxygen atoms in total. The molecule has 2 rings (SSSR count). The molecule has 2 heterocycles. The average Bonchev–Trinajstić information content (AvgIpc) is 2.67. The molecule has 0 aliphatic carbocycles. The third kappa shape index (κ3) is 3.06. The van der Waals surface area contributed by atoms with Gasteiger partial charge in [0.1, 0.15) is 5.76 Å². The summed E-state index contributed by atoms with van der Waals surface area (Å²) in [7, 11) is 0. The minimum Gasteiger partial charge on any atom is -0.468 e. The highest BCUT2D eigenvalue weighted by Gasteiger charge is 2.31. The van der Waals surface area contributed by atoms with Crippen molar-refractivity contribution in [3.05, 3.63) is 24.2 Å². The number of furan rings is 1. The van der Waals surface area contributed by atoms with E-state index in [1.54, 1.807) is 6.26 Å². The number of hydrogen-bond donors (Lipinski definition) is 2. The molecule has 0 aromatic carbocycles. The van der Waals surface area contributed by atoms with E-state index in [-0.39, 0.29) is 5.60 Å². The Morgan fingerprint density at radius 2 is 2.47 bits per heavy atom. The van der Waals surface area contributed by atoms with Crippen LogP contribution < -0.4 is 10.6 Å². The summed E-state index contributed by atoms with van der Waals surface area (Å²) in [5.74, 6) is 0.964. The van der Waals surface area contributed by atoms with Gasteiger partial charge in [-0.3, -0.25) is 0 Å². The van der Waals surface area contributed by atoms with Crippen LogP contribution in [0.3, 0.4) is 0 Å². The van der Waals surface area contributed by atoms with Crippen LogP contribution in [0.4, 0.5) is 0 Å². The Labute approximate surface area is 90.0 Å². The number of nitrogens with one attached hydrogen (secondary N) is 2. The van der Waals surface area contributed by atoms with Crippen LogP contribution in [0.1, 0.15) is 12.7 Å². The number of ether oxygens (including phenoxy) is 1. The summed E-state index contributed by atoms with van der Waals surface area (Å²) >= 11 is 0. The highest BCUT2D eigenvalue weighted by atomic mass is 16.5. The highest BCUT2D eigenvalue weighted by molar-refractivity contribution is 4.97. The van der Waals surface area contributed by atoms with Gasteiger partial charge in [-0.05, 0) is 19.1 Å². The Morgan fingerprint density at radius 3 is 3.07 bits per heavy atom. The van der Waals surface area contributed by atoms with Crippen molar-refractivity contribution in [1.82, 2.24) is 10.6 Å². The molecule has 2 N–H and O–H groups in total. The van der Waals surface area contributed by atoms with E-state index in [1.165, 1.54) is 0 Å². The van der Waals surface area contributed by atoms with Crippen molar-refractivity contribution < 1.29 is 9.15 Å². The fourth-order valence-electron chi connectivity index (χ4n) is 1.57. The van der Waals surface area contributed by atoms with Gasteiger partial charge in [0.15, 0.2) is 0 Å². The zero-order valence-electron chi connectivity index (χ0n) is 9.08. The fraction of sp³-hybridized carbons (Fsp3) is 0.636. The molecule has 1 fully saturated rings. The van der Waals surface area contributed by atoms with Crippen LogP contribution in [0, 0.1) is 0 Å². The summed E-state index contributed by atoms with van der Waals surface area (Å²) in [6.07, 6.45) is 1.69. The topological polar surface area (TPSA) is 46.4 Å². The summed E-state index contributed by atoms with van der Waals surface area (Å²) in [6.45, 7) is 6.44. The minimum absolute atomic E-state index is 0.0619. The molecule has 1 aliphatic heterocycles. The molecule has 84 valence electrons. The van der Waals surface area contributed by atoms with Crippen molar-refractivity contribution in [1.29, 1.82) is 0 Å². The van der Waals surface area contributed by atoms with Gasteiger partial charge in [-0.1, -0.05) is 0 Å². The van der Waals surface area contributed by atoms with Crippen molar-refractivity contribution in [2.24, 2.45) is 0 Å². The van der Waals surface area contributed by atoms with E-state index in [4.69, 9.17) is 9.15 Å². The molecule has 0 amide bonds. The largest absolute Gasteiger partial charge is 0.468 e. The first-order valence-electron chi connectivity index (χ1n) is 5.36. The second-order valence-electron chi connectivity index (χ2n) is 4.16. The van der Waals surface area contributed by atoms with E-state index in [0.29, 0.717) is 0 Å². The first-order valence-corrected chi connectivity index (χ1v) is 5.36. The van der Waals surface area contributed by atoms with Crippen LogP contribution in [0.15, 0.2) is 22.8 Å². The van der Waals surface area contributed by atoms with Crippen LogP contribution in [0.25, 0.3) is 0 Å². The van der Waals surface area contributed by atoms with E-state index in [1.807, 2.05) is 12.1 Å². The quantitative estimate of drug-likeness (QED) is 0.680. The van der Waals surface area contributed by atoms with E-state index >= 15 is 0 Å². The molecule has 15 heavy (non-hydrogen) atoms. The Balaban J connectivity index is 1.52. The molecule has 0 unspecified atom stereocenters. The summed E-state index contributed by atoms with van der Waals surface area (Å²) in [6, 6.07) is 3.86. The van der Waals surface area contributed by atoms with Gasteiger partial charge in [-0.25, -0.2) is 0 Å². The van der Waals surface area contributed by atoms with Gasteiger partial charge in [0, 0.05) is 19.6 Å². The molecule has 1 aliphatic rings. The van der Waals surface area contributed by atoms with Crippen LogP contribution in [-0.4, -0.2) is 31.8 Å². The van der Waals surface area contributed by atoms with Gasteiger partial charge in [0.05, 0.1) is 25.0 Å². The van der Waals surface area contributed by atoms with Crippen LogP contribution in [0.2, 0.25) is 0 Å². The van der Waals surface area contributed by atoms with Crippen LogP contribution in [0.5, 0.6) is 0 Å². The van der Waals surface area contributed by atoms with Crippen molar-refractivity contribution in [2.75, 3.05) is 26.2 Å². The van der Waals surface area contributed by atoms with E-state index in [9.17, 15) is 0 Å². The predicted octanol–water partition coefficient (Wildman–Crippen LogP) is 0.748. The summed E-state index contributed by atoms with van der Waals surface area (Å²) in [5, 5.41) is 6.47. The van der Waals surface area contributed by atoms with Gasteiger partial charge in [0.25, 0.3) is 0 Å². The van der Waals surface area contributed by atoms with Crippen molar-refractivity contribution in [3.8, 4) is 0 Å². The van der Waals surface area contributed by atoms with Gasteiger partial charge >= 0.3 is 0 Å². The maximum atomic E-state index is 5.73. The molecule has 0 spiro atoms. The number of rotatable bonds is 6. The van der Waals surface area contributed by atoms with Gasteiger partial charge in [-0.15, -0.1) is 0 Å². The fourth-order valence-corrected chi connectivity index (χ4v) is 1.57. The zero-order chi connectivity index (χ0) is 10.6. The molecule has 0 atom stereocenters. The molecular weight excluding hydrogens is 192 g/mol. The molecule has 1 saturated heterocycles. The Bertz CT molecular complexity index is 281. The third-order valence-corrected chi connectivity index (χ3v) is 2.61. The van der Waals surface area contributed by atoms with Crippen molar-refractivity contribution in [3.63, 3.8) is 0 Å². The summed E-state index contributed by atoms with van der Waals surface area (Å²) in [4.78, 5) is 0. The van der Waals surface area contributed by atoms with Crippen LogP contribution in [-0.2, 0) is 11.3 Å². The lowest BCUT2D eigenvalue weighted by Crippen LogP contribution is -2.59. The predicted molar refractivity (Wildman–Crippen MR) is 57.6 cm³/mol. The smallest absolute Gasteiger partial charge is 0.117 e. The van der Waals surface area contributed by atoms with Gasteiger partial charge < -0.3 is 19.8 Å². The Kier molecular flexibility index (Phi) is 3.41. The molecule has 1 aromatic rings. The first-order chi connectivity index (χ1) is 7.29. The highest BCUT2D eigenvalue weighted by Crippen LogP contribution is 2.14.